The number of carbonyl (C=O) groups is 4. The minimum atomic E-state index is -0.833. The maximum Gasteiger partial charge on any atom is 0.300 e. The predicted octanol–water partition coefficient (Wildman–Crippen LogP) is -0.779. The molecule has 4 N–H and O–H groups in total. The van der Waals surface area contributed by atoms with Crippen LogP contribution in [0.4, 0.5) is 0 Å². The Hall–Kier alpha value is 0.880. The van der Waals surface area contributed by atoms with E-state index in [1.54, 1.807) is 0 Å². The van der Waals surface area contributed by atoms with Crippen LogP contribution in [-0.4, -0.2) is 133 Å². The fraction of sp³-hybridized carbons (Fsp3) is 0.500. The SMILES string of the molecule is CC(=O)O.CC(=O)O.CC(=O)O.CC(=O)O.[Na].[Na].[Na]. The Balaban J connectivity index is -0.0000000192. The first kappa shape index (κ1) is 42.7. The quantitative estimate of drug-likeness (QED) is 0.426. The molecule has 0 unspecified atom stereocenters. The molecule has 0 aliphatic rings. The summed E-state index contributed by atoms with van der Waals surface area (Å²) in [5.41, 5.74) is 0. The largest absolute Gasteiger partial charge is 0.481 e. The summed E-state index contributed by atoms with van der Waals surface area (Å²) in [4.78, 5) is 36.0. The third-order valence-corrected chi connectivity index (χ3v) is 0. The summed E-state index contributed by atoms with van der Waals surface area (Å²) in [6.45, 7) is 4.33. The number of hydrogen-bond donors (Lipinski definition) is 4. The molecule has 99 valence electrons. The molecule has 0 spiro atoms. The van der Waals surface area contributed by atoms with Crippen molar-refractivity contribution in [2.45, 2.75) is 27.7 Å². The minimum Gasteiger partial charge on any atom is -0.481 e. The summed E-state index contributed by atoms with van der Waals surface area (Å²) < 4.78 is 0. The van der Waals surface area contributed by atoms with Gasteiger partial charge < -0.3 is 20.4 Å². The van der Waals surface area contributed by atoms with E-state index < -0.39 is 23.9 Å². The smallest absolute Gasteiger partial charge is 0.300 e. The third-order valence-electron chi connectivity index (χ3n) is 0. The van der Waals surface area contributed by atoms with Crippen LogP contribution in [0.2, 0.25) is 0 Å². The van der Waals surface area contributed by atoms with Gasteiger partial charge in [0.05, 0.1) is 0 Å². The minimum absolute atomic E-state index is 0. The standard InChI is InChI=1S/4C2H4O2.3Na/c4*1-2(3)4;;;/h4*1H3,(H,3,4);;;. The van der Waals surface area contributed by atoms with Crippen LogP contribution in [0.25, 0.3) is 0 Å². The summed E-state index contributed by atoms with van der Waals surface area (Å²) in [6.07, 6.45) is 0. The molecule has 0 bridgehead atoms. The molecule has 0 aliphatic heterocycles. The molecule has 0 rings (SSSR count). The van der Waals surface area contributed by atoms with Gasteiger partial charge in [0.25, 0.3) is 23.9 Å². The third kappa shape index (κ3) is 6950. The normalized spacial score (nSPS) is 5.26. The molecule has 0 heterocycles. The van der Waals surface area contributed by atoms with Crippen LogP contribution in [0.3, 0.4) is 0 Å². The zero-order chi connectivity index (χ0) is 14.3. The Morgan fingerprint density at radius 3 is 0.474 bits per heavy atom. The van der Waals surface area contributed by atoms with E-state index in [9.17, 15) is 0 Å². The molecule has 0 aromatic rings. The molecule has 0 aromatic heterocycles. The van der Waals surface area contributed by atoms with E-state index in [2.05, 4.69) is 0 Å². The maximum absolute atomic E-state index is 9.00. The Kier molecular flexibility index (Phi) is 81.8. The van der Waals surface area contributed by atoms with E-state index >= 15 is 0 Å². The molecule has 0 fully saturated rings. The molecule has 0 amide bonds. The van der Waals surface area contributed by atoms with Crippen LogP contribution in [0.5, 0.6) is 0 Å². The van der Waals surface area contributed by atoms with Crippen molar-refractivity contribution in [1.29, 1.82) is 0 Å². The number of carboxylic acid groups (broad SMARTS) is 4. The summed E-state index contributed by atoms with van der Waals surface area (Å²) >= 11 is 0. The van der Waals surface area contributed by atoms with Gasteiger partial charge in [-0.1, -0.05) is 0 Å². The molecule has 0 aromatic carbocycles. The summed E-state index contributed by atoms with van der Waals surface area (Å²) in [7, 11) is 0. The molecule has 8 nitrogen and oxygen atoms in total. The predicted molar refractivity (Wildman–Crippen MR) is 70.5 cm³/mol. The molecule has 3 radical (unpaired) electrons. The summed E-state index contributed by atoms with van der Waals surface area (Å²) in [5.74, 6) is -3.33. The van der Waals surface area contributed by atoms with Crippen LogP contribution < -0.4 is 0 Å². The van der Waals surface area contributed by atoms with Crippen LogP contribution in [-0.2, 0) is 19.2 Å². The van der Waals surface area contributed by atoms with Crippen molar-refractivity contribution in [2.75, 3.05) is 0 Å². The van der Waals surface area contributed by atoms with Gasteiger partial charge in [0, 0.05) is 116 Å². The zero-order valence-electron chi connectivity index (χ0n) is 12.4. The van der Waals surface area contributed by atoms with Gasteiger partial charge in [0.15, 0.2) is 0 Å². The molecule has 11 heteroatoms. The fourth-order valence-corrected chi connectivity index (χ4v) is 0. The van der Waals surface area contributed by atoms with E-state index in [4.69, 9.17) is 39.6 Å². The van der Waals surface area contributed by atoms with Gasteiger partial charge in [-0.2, -0.15) is 0 Å². The first-order valence-corrected chi connectivity index (χ1v) is 3.71. The molecule has 0 saturated carbocycles. The van der Waals surface area contributed by atoms with Gasteiger partial charge in [-0.05, 0) is 0 Å². The van der Waals surface area contributed by atoms with Crippen LogP contribution in [0, 0.1) is 0 Å². The molecule has 0 atom stereocenters. The van der Waals surface area contributed by atoms with Crippen molar-refractivity contribution in [2.24, 2.45) is 0 Å². The zero-order valence-corrected chi connectivity index (χ0v) is 18.4. The van der Waals surface area contributed by atoms with Crippen molar-refractivity contribution in [3.05, 3.63) is 0 Å². The Labute approximate surface area is 177 Å². The summed E-state index contributed by atoms with van der Waals surface area (Å²) in [5, 5.41) is 29.7. The number of rotatable bonds is 0. The molecular weight excluding hydrogens is 293 g/mol. The van der Waals surface area contributed by atoms with Gasteiger partial charge in [-0.3, -0.25) is 19.2 Å². The second-order valence-electron chi connectivity index (χ2n) is 2.08. The van der Waals surface area contributed by atoms with Crippen molar-refractivity contribution in [3.63, 3.8) is 0 Å². The van der Waals surface area contributed by atoms with E-state index in [-0.39, 0.29) is 88.7 Å². The van der Waals surface area contributed by atoms with E-state index in [1.165, 1.54) is 0 Å². The Morgan fingerprint density at radius 1 is 0.474 bits per heavy atom. The van der Waals surface area contributed by atoms with E-state index in [0.29, 0.717) is 0 Å². The number of aliphatic carboxylic acids is 4. The fourth-order valence-electron chi connectivity index (χ4n) is 0. The number of carboxylic acids is 4. The molecule has 19 heavy (non-hydrogen) atoms. The van der Waals surface area contributed by atoms with Crippen molar-refractivity contribution >= 4 is 113 Å². The topological polar surface area (TPSA) is 149 Å². The van der Waals surface area contributed by atoms with Gasteiger partial charge in [0.1, 0.15) is 0 Å². The molecule has 0 aliphatic carbocycles. The van der Waals surface area contributed by atoms with Gasteiger partial charge in [0.2, 0.25) is 0 Å². The molecule has 0 saturated heterocycles. The van der Waals surface area contributed by atoms with Crippen molar-refractivity contribution in [1.82, 2.24) is 0 Å². The maximum atomic E-state index is 9.00. The first-order valence-electron chi connectivity index (χ1n) is 3.71. The van der Waals surface area contributed by atoms with Crippen molar-refractivity contribution < 1.29 is 39.6 Å². The average Bonchev–Trinajstić information content (AvgIpc) is 1.76. The second kappa shape index (κ2) is 36.4. The van der Waals surface area contributed by atoms with Gasteiger partial charge >= 0.3 is 0 Å². The monoisotopic (exact) mass is 309 g/mol. The summed E-state index contributed by atoms with van der Waals surface area (Å²) in [6, 6.07) is 0. The van der Waals surface area contributed by atoms with Crippen LogP contribution >= 0.6 is 0 Å². The average molecular weight is 309 g/mol. The Bertz CT molecular complexity index is 168. The van der Waals surface area contributed by atoms with E-state index in [0.717, 1.165) is 27.7 Å². The van der Waals surface area contributed by atoms with Crippen molar-refractivity contribution in [3.8, 4) is 0 Å². The first-order chi connectivity index (χ1) is 6.93. The van der Waals surface area contributed by atoms with Gasteiger partial charge in [-0.25, -0.2) is 0 Å². The second-order valence-corrected chi connectivity index (χ2v) is 2.08. The number of hydrogen-bond acceptors (Lipinski definition) is 4. The van der Waals surface area contributed by atoms with Crippen LogP contribution in [0.1, 0.15) is 27.7 Å². The van der Waals surface area contributed by atoms with Crippen LogP contribution in [0.15, 0.2) is 0 Å². The molecular formula is C8H16Na3O8. The Morgan fingerprint density at radius 2 is 0.474 bits per heavy atom. The van der Waals surface area contributed by atoms with E-state index in [1.807, 2.05) is 0 Å². The van der Waals surface area contributed by atoms with Gasteiger partial charge in [-0.15, -0.1) is 0 Å².